The van der Waals surface area contributed by atoms with Crippen LogP contribution in [0.15, 0.2) is 18.5 Å². The maximum Gasteiger partial charge on any atom is 0.0500 e. The molecule has 0 bridgehead atoms. The van der Waals surface area contributed by atoms with Crippen molar-refractivity contribution < 1.29 is 0 Å². The molecule has 0 saturated heterocycles. The van der Waals surface area contributed by atoms with Crippen LogP contribution in [0.25, 0.3) is 0 Å². The van der Waals surface area contributed by atoms with Gasteiger partial charge in [-0.1, -0.05) is 13.8 Å². The van der Waals surface area contributed by atoms with Crippen molar-refractivity contribution in [2.24, 2.45) is 0 Å². The molecule has 0 unspecified atom stereocenters. The van der Waals surface area contributed by atoms with Gasteiger partial charge in [0.15, 0.2) is 0 Å². The van der Waals surface area contributed by atoms with Crippen LogP contribution in [0.2, 0.25) is 0 Å². The van der Waals surface area contributed by atoms with Gasteiger partial charge in [0.2, 0.25) is 0 Å². The second-order valence-corrected chi connectivity index (χ2v) is 1.34. The minimum absolute atomic E-state index is 1.44. The Morgan fingerprint density at radius 2 is 2.12 bits per heavy atom. The van der Waals surface area contributed by atoms with Gasteiger partial charge in [-0.05, 0) is 18.9 Å². The van der Waals surface area contributed by atoms with E-state index >= 15 is 0 Å². The lowest BCUT2D eigenvalue weighted by molar-refractivity contribution is 1.02. The van der Waals surface area contributed by atoms with Gasteiger partial charge in [0.1, 0.15) is 0 Å². The zero-order valence-electron chi connectivity index (χ0n) is 5.07. The van der Waals surface area contributed by atoms with Crippen molar-refractivity contribution in [3.8, 4) is 0 Å². The van der Waals surface area contributed by atoms with Gasteiger partial charge in [0.25, 0.3) is 0 Å². The van der Waals surface area contributed by atoms with Gasteiger partial charge in [-0.25, -0.2) is 4.09 Å². The van der Waals surface area contributed by atoms with E-state index in [0.717, 1.165) is 0 Å². The monoisotopic (exact) mass is 130 g/mol. The molecule has 0 saturated carbocycles. The first-order valence-corrected chi connectivity index (χ1v) is 2.98. The predicted molar refractivity (Wildman–Crippen MR) is 38.0 cm³/mol. The Hall–Kier alpha value is -0.440. The van der Waals surface area contributed by atoms with Gasteiger partial charge in [-0.3, -0.25) is 0 Å². The lowest BCUT2D eigenvalue weighted by Gasteiger charge is -1.75. The van der Waals surface area contributed by atoms with E-state index in [9.17, 15) is 0 Å². The SMILES string of the molecule is CC.Sn1cccn1. The number of rotatable bonds is 0. The maximum absolute atomic E-state index is 3.84. The summed E-state index contributed by atoms with van der Waals surface area (Å²) in [4.78, 5) is 0. The molecule has 0 radical (unpaired) electrons. The summed E-state index contributed by atoms with van der Waals surface area (Å²) in [5.41, 5.74) is 0. The molecule has 0 atom stereocenters. The van der Waals surface area contributed by atoms with E-state index < -0.39 is 0 Å². The number of hydrogen-bond acceptors (Lipinski definition) is 2. The van der Waals surface area contributed by atoms with Crippen molar-refractivity contribution in [1.82, 2.24) is 9.19 Å². The fourth-order valence-corrected chi connectivity index (χ4v) is 0.397. The third-order valence-corrected chi connectivity index (χ3v) is 0.727. The summed E-state index contributed by atoms with van der Waals surface area (Å²) in [5, 5.41) is 3.70. The Kier molecular flexibility index (Phi) is 4.45. The minimum Gasteiger partial charge on any atom is -0.217 e. The molecule has 0 aromatic carbocycles. The summed E-state index contributed by atoms with van der Waals surface area (Å²) in [7, 11) is 0. The molecule has 0 N–H and O–H groups in total. The van der Waals surface area contributed by atoms with Crippen molar-refractivity contribution in [1.29, 1.82) is 0 Å². The highest BCUT2D eigenvalue weighted by Gasteiger charge is 1.70. The quantitative estimate of drug-likeness (QED) is 0.528. The second kappa shape index (κ2) is 4.71. The number of thiol groups is 1. The van der Waals surface area contributed by atoms with Crippen LogP contribution in [0.5, 0.6) is 0 Å². The molecule has 2 nitrogen and oxygen atoms in total. The van der Waals surface area contributed by atoms with Crippen LogP contribution in [0.4, 0.5) is 0 Å². The van der Waals surface area contributed by atoms with Crippen LogP contribution in [0.3, 0.4) is 0 Å². The van der Waals surface area contributed by atoms with E-state index in [4.69, 9.17) is 0 Å². The molecular weight excluding hydrogens is 120 g/mol. The molecule has 1 aromatic rings. The lowest BCUT2D eigenvalue weighted by atomic mass is 10.8. The third-order valence-electron chi connectivity index (χ3n) is 0.490. The van der Waals surface area contributed by atoms with E-state index in [1.807, 2.05) is 19.9 Å². The van der Waals surface area contributed by atoms with Crippen LogP contribution in [-0.2, 0) is 0 Å². The van der Waals surface area contributed by atoms with Crippen LogP contribution in [0.1, 0.15) is 13.8 Å². The van der Waals surface area contributed by atoms with E-state index in [2.05, 4.69) is 17.9 Å². The van der Waals surface area contributed by atoms with E-state index in [1.165, 1.54) is 4.09 Å². The molecule has 1 heterocycles. The molecule has 1 rings (SSSR count). The second-order valence-electron chi connectivity index (χ2n) is 0.926. The van der Waals surface area contributed by atoms with Gasteiger partial charge in [-0.15, -0.1) is 0 Å². The number of aromatic nitrogens is 2. The first kappa shape index (κ1) is 7.56. The Morgan fingerprint density at radius 1 is 1.50 bits per heavy atom. The molecule has 0 aliphatic rings. The molecule has 0 aliphatic carbocycles. The van der Waals surface area contributed by atoms with Crippen LogP contribution in [0, 0.1) is 0 Å². The summed E-state index contributed by atoms with van der Waals surface area (Å²) >= 11 is 3.84. The Balaban J connectivity index is 0.000000222. The number of nitrogens with zero attached hydrogens (tertiary/aromatic N) is 2. The van der Waals surface area contributed by atoms with Gasteiger partial charge in [-0.2, -0.15) is 5.10 Å². The summed E-state index contributed by atoms with van der Waals surface area (Å²) in [6.45, 7) is 4.00. The van der Waals surface area contributed by atoms with Crippen molar-refractivity contribution >= 4 is 12.8 Å². The molecular formula is C5H10N2S. The largest absolute Gasteiger partial charge is 0.217 e. The highest BCUT2D eigenvalue weighted by atomic mass is 32.1. The molecule has 0 spiro atoms. The van der Waals surface area contributed by atoms with Crippen LogP contribution in [-0.4, -0.2) is 9.19 Å². The van der Waals surface area contributed by atoms with Crippen molar-refractivity contribution in [3.05, 3.63) is 18.5 Å². The molecule has 8 heavy (non-hydrogen) atoms. The zero-order valence-corrected chi connectivity index (χ0v) is 5.97. The predicted octanol–water partition coefficient (Wildman–Crippen LogP) is 1.60. The van der Waals surface area contributed by atoms with E-state index in [1.54, 1.807) is 12.4 Å². The molecule has 3 heteroatoms. The molecule has 0 fully saturated rings. The molecule has 46 valence electrons. The van der Waals surface area contributed by atoms with Gasteiger partial charge in [0.05, 0.1) is 0 Å². The van der Waals surface area contributed by atoms with Gasteiger partial charge >= 0.3 is 0 Å². The van der Waals surface area contributed by atoms with Crippen LogP contribution < -0.4 is 0 Å². The molecule has 0 amide bonds. The highest BCUT2D eigenvalue weighted by Crippen LogP contribution is 1.81. The maximum atomic E-state index is 3.84. The topological polar surface area (TPSA) is 17.8 Å². The van der Waals surface area contributed by atoms with Gasteiger partial charge < -0.3 is 0 Å². The summed E-state index contributed by atoms with van der Waals surface area (Å²) in [6.07, 6.45) is 3.43. The first-order chi connectivity index (χ1) is 3.89. The molecule has 1 aromatic heterocycles. The van der Waals surface area contributed by atoms with Crippen molar-refractivity contribution in [2.45, 2.75) is 13.8 Å². The fraction of sp³-hybridized carbons (Fsp3) is 0.400. The average Bonchev–Trinajstić information content (AvgIpc) is 2.24. The zero-order chi connectivity index (χ0) is 6.41. The van der Waals surface area contributed by atoms with E-state index in [-0.39, 0.29) is 0 Å². The van der Waals surface area contributed by atoms with Gasteiger partial charge in [0, 0.05) is 12.4 Å². The summed E-state index contributed by atoms with van der Waals surface area (Å²) in [5.74, 6) is 0. The highest BCUT2D eigenvalue weighted by molar-refractivity contribution is 7.78. The Labute approximate surface area is 55.1 Å². The van der Waals surface area contributed by atoms with Crippen molar-refractivity contribution in [2.75, 3.05) is 0 Å². The average molecular weight is 130 g/mol. The van der Waals surface area contributed by atoms with E-state index in [0.29, 0.717) is 0 Å². The Bertz CT molecular complexity index is 114. The normalized spacial score (nSPS) is 7.38. The first-order valence-electron chi connectivity index (χ1n) is 2.58. The smallest absolute Gasteiger partial charge is 0.0500 e. The Morgan fingerprint density at radius 3 is 2.25 bits per heavy atom. The van der Waals surface area contributed by atoms with Crippen LogP contribution >= 0.6 is 12.8 Å². The standard InChI is InChI=1S/C3H4N2S.C2H6/c6-5-3-1-2-4-5;1-2/h1-3,6H;1-2H3. The summed E-state index contributed by atoms with van der Waals surface area (Å²) < 4.78 is 1.44. The fourth-order valence-electron chi connectivity index (χ4n) is 0.261. The van der Waals surface area contributed by atoms with Crippen molar-refractivity contribution in [3.63, 3.8) is 0 Å². The number of hydrogen-bond donors (Lipinski definition) is 1. The molecule has 0 aliphatic heterocycles. The summed E-state index contributed by atoms with van der Waals surface area (Å²) in [6, 6.07) is 1.81. The third kappa shape index (κ3) is 2.69. The lowest BCUT2D eigenvalue weighted by Crippen LogP contribution is -1.73. The minimum atomic E-state index is 1.44.